The molecule has 0 aliphatic heterocycles. The summed E-state index contributed by atoms with van der Waals surface area (Å²) in [6.07, 6.45) is 3.37. The van der Waals surface area contributed by atoms with Crippen LogP contribution in [0, 0.1) is 13.8 Å². The molecular weight excluding hydrogens is 290 g/mol. The van der Waals surface area contributed by atoms with Crippen LogP contribution in [0.1, 0.15) is 34.0 Å². The number of aryl methyl sites for hydroxylation is 2. The molecular formula is C18H21N3O2. The maximum atomic E-state index is 12.2. The van der Waals surface area contributed by atoms with Gasteiger partial charge in [0.1, 0.15) is 6.04 Å². The van der Waals surface area contributed by atoms with Crippen LogP contribution in [0.5, 0.6) is 0 Å². The Morgan fingerprint density at radius 1 is 1.17 bits per heavy atom. The molecule has 0 saturated heterocycles. The SMILES string of the molecule is Cc1ccc(C(=O)N[C@@H](C)C(=O)NCc2cccnc2)cc1C. The Labute approximate surface area is 136 Å². The maximum Gasteiger partial charge on any atom is 0.251 e. The monoisotopic (exact) mass is 311 g/mol. The van der Waals surface area contributed by atoms with Crippen molar-refractivity contribution in [2.75, 3.05) is 0 Å². The van der Waals surface area contributed by atoms with E-state index in [-0.39, 0.29) is 11.8 Å². The Morgan fingerprint density at radius 3 is 2.61 bits per heavy atom. The number of carbonyl (C=O) groups is 2. The Kier molecular flexibility index (Phi) is 5.46. The summed E-state index contributed by atoms with van der Waals surface area (Å²) in [7, 11) is 0. The molecule has 1 aromatic carbocycles. The minimum Gasteiger partial charge on any atom is -0.350 e. The number of amides is 2. The lowest BCUT2D eigenvalue weighted by molar-refractivity contribution is -0.122. The zero-order chi connectivity index (χ0) is 16.8. The summed E-state index contributed by atoms with van der Waals surface area (Å²) < 4.78 is 0. The Bertz CT molecular complexity index is 699. The second-order valence-electron chi connectivity index (χ2n) is 5.57. The first kappa shape index (κ1) is 16.7. The van der Waals surface area contributed by atoms with Crippen molar-refractivity contribution < 1.29 is 9.59 Å². The van der Waals surface area contributed by atoms with Gasteiger partial charge in [-0.3, -0.25) is 14.6 Å². The molecule has 0 radical (unpaired) electrons. The highest BCUT2D eigenvalue weighted by Gasteiger charge is 2.16. The smallest absolute Gasteiger partial charge is 0.251 e. The molecule has 0 bridgehead atoms. The largest absolute Gasteiger partial charge is 0.350 e. The predicted molar refractivity (Wildman–Crippen MR) is 88.9 cm³/mol. The van der Waals surface area contributed by atoms with Crippen LogP contribution < -0.4 is 10.6 Å². The summed E-state index contributed by atoms with van der Waals surface area (Å²) in [4.78, 5) is 28.2. The van der Waals surface area contributed by atoms with Gasteiger partial charge in [0.05, 0.1) is 0 Å². The second-order valence-corrected chi connectivity index (χ2v) is 5.57. The van der Waals surface area contributed by atoms with Gasteiger partial charge >= 0.3 is 0 Å². The van der Waals surface area contributed by atoms with Crippen LogP contribution in [0.3, 0.4) is 0 Å². The summed E-state index contributed by atoms with van der Waals surface area (Å²) in [5.41, 5.74) is 3.64. The van der Waals surface area contributed by atoms with Gasteiger partial charge in [0.15, 0.2) is 0 Å². The number of hydrogen-bond acceptors (Lipinski definition) is 3. The van der Waals surface area contributed by atoms with Gasteiger partial charge < -0.3 is 10.6 Å². The molecule has 5 heteroatoms. The normalized spacial score (nSPS) is 11.6. The molecule has 2 amide bonds. The van der Waals surface area contributed by atoms with Crippen LogP contribution in [0.25, 0.3) is 0 Å². The highest BCUT2D eigenvalue weighted by molar-refractivity contribution is 5.97. The van der Waals surface area contributed by atoms with Crippen LogP contribution >= 0.6 is 0 Å². The fraction of sp³-hybridized carbons (Fsp3) is 0.278. The van der Waals surface area contributed by atoms with Gasteiger partial charge in [0, 0.05) is 24.5 Å². The molecule has 0 saturated carbocycles. The first-order valence-corrected chi connectivity index (χ1v) is 7.52. The van der Waals surface area contributed by atoms with E-state index < -0.39 is 6.04 Å². The average molecular weight is 311 g/mol. The fourth-order valence-electron chi connectivity index (χ4n) is 2.07. The lowest BCUT2D eigenvalue weighted by atomic mass is 10.1. The molecule has 2 aromatic rings. The summed E-state index contributed by atoms with van der Waals surface area (Å²) in [5.74, 6) is -0.483. The molecule has 1 heterocycles. The topological polar surface area (TPSA) is 71.1 Å². The number of aromatic nitrogens is 1. The minimum absolute atomic E-state index is 0.231. The van der Waals surface area contributed by atoms with E-state index in [9.17, 15) is 9.59 Å². The number of pyridine rings is 1. The van der Waals surface area contributed by atoms with E-state index in [0.717, 1.165) is 16.7 Å². The molecule has 23 heavy (non-hydrogen) atoms. The van der Waals surface area contributed by atoms with E-state index >= 15 is 0 Å². The van der Waals surface area contributed by atoms with Gasteiger partial charge in [-0.1, -0.05) is 12.1 Å². The van der Waals surface area contributed by atoms with Crippen molar-refractivity contribution >= 4 is 11.8 Å². The third kappa shape index (κ3) is 4.64. The number of nitrogens with one attached hydrogen (secondary N) is 2. The van der Waals surface area contributed by atoms with E-state index in [0.29, 0.717) is 12.1 Å². The summed E-state index contributed by atoms with van der Waals surface area (Å²) in [6.45, 7) is 6.00. The van der Waals surface area contributed by atoms with Gasteiger partial charge in [-0.25, -0.2) is 0 Å². The third-order valence-electron chi connectivity index (χ3n) is 3.70. The number of rotatable bonds is 5. The van der Waals surface area contributed by atoms with Crippen LogP contribution in [0.15, 0.2) is 42.7 Å². The molecule has 1 aromatic heterocycles. The lowest BCUT2D eigenvalue weighted by Crippen LogP contribution is -2.44. The Morgan fingerprint density at radius 2 is 1.96 bits per heavy atom. The van der Waals surface area contributed by atoms with E-state index in [1.54, 1.807) is 25.4 Å². The molecule has 0 spiro atoms. The zero-order valence-electron chi connectivity index (χ0n) is 13.6. The van der Waals surface area contributed by atoms with Crippen molar-refractivity contribution in [1.29, 1.82) is 0 Å². The van der Waals surface area contributed by atoms with Crippen molar-refractivity contribution in [2.45, 2.75) is 33.4 Å². The summed E-state index contributed by atoms with van der Waals surface area (Å²) >= 11 is 0. The molecule has 2 N–H and O–H groups in total. The number of nitrogens with zero attached hydrogens (tertiary/aromatic N) is 1. The first-order valence-electron chi connectivity index (χ1n) is 7.52. The molecule has 0 aliphatic rings. The summed E-state index contributed by atoms with van der Waals surface area (Å²) in [6, 6.07) is 8.57. The lowest BCUT2D eigenvalue weighted by Gasteiger charge is -2.14. The predicted octanol–water partition coefficient (Wildman–Crippen LogP) is 2.13. The molecule has 0 fully saturated rings. The molecule has 0 unspecified atom stereocenters. The first-order chi connectivity index (χ1) is 11.0. The maximum absolute atomic E-state index is 12.2. The number of carbonyl (C=O) groups excluding carboxylic acids is 2. The highest BCUT2D eigenvalue weighted by Crippen LogP contribution is 2.09. The standard InChI is InChI=1S/C18H21N3O2/c1-12-6-7-16(9-13(12)2)18(23)21-14(3)17(22)20-11-15-5-4-8-19-10-15/h4-10,14H,11H2,1-3H3,(H,20,22)(H,21,23)/t14-/m0/s1. The van der Waals surface area contributed by atoms with E-state index in [2.05, 4.69) is 15.6 Å². The van der Waals surface area contributed by atoms with E-state index in [1.807, 2.05) is 38.1 Å². The number of hydrogen-bond donors (Lipinski definition) is 2. The Balaban J connectivity index is 1.89. The molecule has 5 nitrogen and oxygen atoms in total. The Hall–Kier alpha value is -2.69. The van der Waals surface area contributed by atoms with Crippen molar-refractivity contribution in [3.05, 3.63) is 65.0 Å². The highest BCUT2D eigenvalue weighted by atomic mass is 16.2. The molecule has 0 aliphatic carbocycles. The van der Waals surface area contributed by atoms with Gasteiger partial charge in [-0.15, -0.1) is 0 Å². The second kappa shape index (κ2) is 7.54. The van der Waals surface area contributed by atoms with Crippen molar-refractivity contribution in [3.8, 4) is 0 Å². The minimum atomic E-state index is -0.610. The van der Waals surface area contributed by atoms with Gasteiger partial charge in [0.25, 0.3) is 5.91 Å². The summed E-state index contributed by atoms with van der Waals surface area (Å²) in [5, 5.41) is 5.49. The van der Waals surface area contributed by atoms with Crippen LogP contribution in [-0.4, -0.2) is 22.8 Å². The van der Waals surface area contributed by atoms with E-state index in [4.69, 9.17) is 0 Å². The van der Waals surface area contributed by atoms with E-state index in [1.165, 1.54) is 0 Å². The molecule has 1 atom stereocenters. The fourth-order valence-corrected chi connectivity index (χ4v) is 2.07. The van der Waals surface area contributed by atoms with Crippen LogP contribution in [-0.2, 0) is 11.3 Å². The quantitative estimate of drug-likeness (QED) is 0.888. The molecule has 120 valence electrons. The van der Waals surface area contributed by atoms with Crippen molar-refractivity contribution in [1.82, 2.24) is 15.6 Å². The molecule has 2 rings (SSSR count). The van der Waals surface area contributed by atoms with Gasteiger partial charge in [0.2, 0.25) is 5.91 Å². The van der Waals surface area contributed by atoms with Crippen molar-refractivity contribution in [2.24, 2.45) is 0 Å². The van der Waals surface area contributed by atoms with Gasteiger partial charge in [-0.2, -0.15) is 0 Å². The average Bonchev–Trinajstić information content (AvgIpc) is 2.55. The van der Waals surface area contributed by atoms with Crippen LogP contribution in [0.4, 0.5) is 0 Å². The van der Waals surface area contributed by atoms with Crippen LogP contribution in [0.2, 0.25) is 0 Å². The number of benzene rings is 1. The zero-order valence-corrected chi connectivity index (χ0v) is 13.6. The third-order valence-corrected chi connectivity index (χ3v) is 3.70. The van der Waals surface area contributed by atoms with Gasteiger partial charge in [-0.05, 0) is 55.7 Å². The van der Waals surface area contributed by atoms with Crippen molar-refractivity contribution in [3.63, 3.8) is 0 Å².